The average Bonchev–Trinajstić information content (AvgIpc) is 2.71. The molecule has 0 fully saturated rings. The van der Waals surface area contributed by atoms with Gasteiger partial charge in [0.05, 0.1) is 6.61 Å². The molecule has 6 nitrogen and oxygen atoms in total. The molecule has 0 aromatic heterocycles. The molecule has 0 saturated heterocycles. The molecular formula is C20H18Cl3NO5. The largest absolute Gasteiger partial charge is 0.445 e. The lowest BCUT2D eigenvalue weighted by molar-refractivity contribution is -0.166. The van der Waals surface area contributed by atoms with Crippen molar-refractivity contribution in [3.63, 3.8) is 0 Å². The summed E-state index contributed by atoms with van der Waals surface area (Å²) in [7, 11) is 0. The molecule has 1 aliphatic heterocycles. The van der Waals surface area contributed by atoms with E-state index in [0.717, 1.165) is 11.1 Å². The van der Waals surface area contributed by atoms with Crippen LogP contribution < -0.4 is 0 Å². The molecule has 0 N–H and O–H groups in total. The number of nitrogens with zero attached hydrogens (tertiary/aromatic N) is 1. The number of ether oxygens (including phenoxy) is 4. The van der Waals surface area contributed by atoms with Crippen molar-refractivity contribution in [1.29, 1.82) is 0 Å². The summed E-state index contributed by atoms with van der Waals surface area (Å²) in [4.78, 5) is 17.0. The third-order valence-corrected chi connectivity index (χ3v) is 4.22. The van der Waals surface area contributed by atoms with Crippen molar-refractivity contribution < 1.29 is 23.7 Å². The van der Waals surface area contributed by atoms with Crippen LogP contribution in [0.4, 0.5) is 0 Å². The van der Waals surface area contributed by atoms with Gasteiger partial charge in [-0.25, -0.2) is 9.79 Å². The fraction of sp³-hybridized carbons (Fsp3) is 0.300. The molecule has 1 heterocycles. The summed E-state index contributed by atoms with van der Waals surface area (Å²) in [6.45, 7) is -0.247. The van der Waals surface area contributed by atoms with Crippen molar-refractivity contribution in [2.24, 2.45) is 4.99 Å². The quantitative estimate of drug-likeness (QED) is 0.263. The molecule has 2 aromatic rings. The molecule has 3 rings (SSSR count). The van der Waals surface area contributed by atoms with Crippen LogP contribution in [0, 0.1) is 0 Å². The lowest BCUT2D eigenvalue weighted by Crippen LogP contribution is -2.39. The number of hydrogen-bond donors (Lipinski definition) is 0. The number of rotatable bonds is 7. The van der Waals surface area contributed by atoms with E-state index in [2.05, 4.69) is 4.99 Å². The number of alkyl halides is 3. The van der Waals surface area contributed by atoms with E-state index in [-0.39, 0.29) is 26.1 Å². The zero-order valence-corrected chi connectivity index (χ0v) is 17.4. The number of esters is 1. The predicted molar refractivity (Wildman–Crippen MR) is 110 cm³/mol. The molecule has 29 heavy (non-hydrogen) atoms. The third kappa shape index (κ3) is 6.87. The second kappa shape index (κ2) is 10.3. The Bertz CT molecular complexity index is 827. The van der Waals surface area contributed by atoms with Gasteiger partial charge in [-0.2, -0.15) is 0 Å². The lowest BCUT2D eigenvalue weighted by atomic mass is 10.0. The Kier molecular flexibility index (Phi) is 7.75. The molecule has 1 aliphatic rings. The van der Waals surface area contributed by atoms with Gasteiger partial charge in [-0.1, -0.05) is 95.5 Å². The molecule has 2 aromatic carbocycles. The van der Waals surface area contributed by atoms with Gasteiger partial charge in [0, 0.05) is 0 Å². The molecular weight excluding hydrogens is 441 g/mol. The van der Waals surface area contributed by atoms with Gasteiger partial charge >= 0.3 is 12.1 Å². The standard InChI is InChI=1S/C20H18Cl3NO5/c21-20(22,23)12-26-13-28-17-16(15-9-5-2-6-10-15)24-19(29-18(17)25)27-11-14-7-3-1-4-8-14/h1-10,16-17H,11-13H2. The van der Waals surface area contributed by atoms with Crippen molar-refractivity contribution in [3.8, 4) is 0 Å². The summed E-state index contributed by atoms with van der Waals surface area (Å²) in [6.07, 6.45) is -1.15. The molecule has 2 atom stereocenters. The number of cyclic esters (lactones) is 1. The van der Waals surface area contributed by atoms with Crippen molar-refractivity contribution >= 4 is 46.9 Å². The number of benzene rings is 2. The molecule has 0 radical (unpaired) electrons. The van der Waals surface area contributed by atoms with Crippen molar-refractivity contribution in [1.82, 2.24) is 0 Å². The molecule has 0 bridgehead atoms. The summed E-state index contributed by atoms with van der Waals surface area (Å²) >= 11 is 16.9. The van der Waals surface area contributed by atoms with E-state index in [9.17, 15) is 4.79 Å². The Hall–Kier alpha value is -1.83. The minimum atomic E-state index is -1.58. The van der Waals surface area contributed by atoms with Crippen LogP contribution in [0.25, 0.3) is 0 Å². The third-order valence-electron chi connectivity index (χ3n) is 3.89. The number of carbonyl (C=O) groups is 1. The maximum atomic E-state index is 12.5. The SMILES string of the molecule is O=C1OC(OCc2ccccc2)=NC(c2ccccc2)C1OCOCC(Cl)(Cl)Cl. The first kappa shape index (κ1) is 21.9. The predicted octanol–water partition coefficient (Wildman–Crippen LogP) is 4.59. The minimum Gasteiger partial charge on any atom is -0.445 e. The normalized spacial score (nSPS) is 19.4. The topological polar surface area (TPSA) is 66.4 Å². The number of aliphatic imine (C=N–C) groups is 1. The molecule has 0 spiro atoms. The highest BCUT2D eigenvalue weighted by atomic mass is 35.6. The van der Waals surface area contributed by atoms with E-state index in [0.29, 0.717) is 0 Å². The van der Waals surface area contributed by atoms with Gasteiger partial charge in [0.1, 0.15) is 19.4 Å². The fourth-order valence-corrected chi connectivity index (χ4v) is 2.84. The molecule has 0 amide bonds. The number of carbonyl (C=O) groups excluding carboxylic acids is 1. The average molecular weight is 459 g/mol. The highest BCUT2D eigenvalue weighted by Crippen LogP contribution is 2.29. The van der Waals surface area contributed by atoms with Crippen LogP contribution in [0.2, 0.25) is 0 Å². The van der Waals surface area contributed by atoms with E-state index >= 15 is 0 Å². The molecule has 0 aliphatic carbocycles. The maximum Gasteiger partial charge on any atom is 0.392 e. The van der Waals surface area contributed by atoms with E-state index in [1.165, 1.54) is 0 Å². The van der Waals surface area contributed by atoms with Crippen molar-refractivity contribution in [2.45, 2.75) is 22.5 Å². The summed E-state index contributed by atoms with van der Waals surface area (Å²) in [5.41, 5.74) is 1.68. The first-order chi connectivity index (χ1) is 13.9. The summed E-state index contributed by atoms with van der Waals surface area (Å²) in [6, 6.07) is 18.0. The van der Waals surface area contributed by atoms with Crippen LogP contribution in [-0.2, 0) is 30.3 Å². The zero-order valence-electron chi connectivity index (χ0n) is 15.2. The van der Waals surface area contributed by atoms with Crippen LogP contribution in [0.1, 0.15) is 17.2 Å². The van der Waals surface area contributed by atoms with Crippen LogP contribution in [0.5, 0.6) is 0 Å². The fourth-order valence-electron chi connectivity index (χ4n) is 2.60. The van der Waals surface area contributed by atoms with Gasteiger partial charge in [-0.05, 0) is 11.1 Å². The van der Waals surface area contributed by atoms with E-state index in [1.807, 2.05) is 60.7 Å². The van der Waals surface area contributed by atoms with Crippen LogP contribution in [0.3, 0.4) is 0 Å². The van der Waals surface area contributed by atoms with E-state index in [4.69, 9.17) is 53.8 Å². The van der Waals surface area contributed by atoms with E-state index < -0.39 is 21.9 Å². The minimum absolute atomic E-state index is 0.116. The first-order valence-corrected chi connectivity index (χ1v) is 9.83. The summed E-state index contributed by atoms with van der Waals surface area (Å²) < 4.78 is 19.9. The van der Waals surface area contributed by atoms with Crippen molar-refractivity contribution in [3.05, 3.63) is 71.8 Å². The Balaban J connectivity index is 1.71. The molecule has 154 valence electrons. The lowest BCUT2D eigenvalue weighted by Gasteiger charge is -2.27. The number of halogens is 3. The Morgan fingerprint density at radius 1 is 1.00 bits per heavy atom. The second-order valence-corrected chi connectivity index (χ2v) is 8.63. The highest BCUT2D eigenvalue weighted by Gasteiger charge is 2.38. The summed E-state index contributed by atoms with van der Waals surface area (Å²) in [5.74, 6) is -0.644. The molecule has 9 heteroatoms. The van der Waals surface area contributed by atoms with Crippen LogP contribution >= 0.6 is 34.8 Å². The van der Waals surface area contributed by atoms with E-state index in [1.54, 1.807) is 0 Å². The van der Waals surface area contributed by atoms with Gasteiger partial charge < -0.3 is 18.9 Å². The van der Waals surface area contributed by atoms with Gasteiger partial charge in [0.2, 0.25) is 3.79 Å². The number of hydrogen-bond acceptors (Lipinski definition) is 6. The molecule has 0 saturated carbocycles. The Morgan fingerprint density at radius 3 is 2.31 bits per heavy atom. The van der Waals surface area contributed by atoms with Gasteiger partial charge in [0.25, 0.3) is 0 Å². The Labute approximate surface area is 183 Å². The van der Waals surface area contributed by atoms with Crippen molar-refractivity contribution in [2.75, 3.05) is 13.4 Å². The van der Waals surface area contributed by atoms with Crippen LogP contribution in [-0.4, -0.2) is 35.3 Å². The maximum absolute atomic E-state index is 12.5. The van der Waals surface area contributed by atoms with Gasteiger partial charge in [0.15, 0.2) is 6.10 Å². The summed E-state index contributed by atoms with van der Waals surface area (Å²) in [5, 5.41) is 0. The van der Waals surface area contributed by atoms with Crippen LogP contribution in [0.15, 0.2) is 65.7 Å². The smallest absolute Gasteiger partial charge is 0.392 e. The van der Waals surface area contributed by atoms with Gasteiger partial charge in [-0.15, -0.1) is 0 Å². The monoisotopic (exact) mass is 457 g/mol. The molecule has 2 unspecified atom stereocenters. The first-order valence-electron chi connectivity index (χ1n) is 8.69. The van der Waals surface area contributed by atoms with Gasteiger partial charge in [-0.3, -0.25) is 0 Å². The highest BCUT2D eigenvalue weighted by molar-refractivity contribution is 6.67. The second-order valence-electron chi connectivity index (χ2n) is 6.11. The zero-order chi connectivity index (χ0) is 20.7. The Morgan fingerprint density at radius 2 is 1.66 bits per heavy atom.